The molecule has 0 N–H and O–H groups in total. The summed E-state index contributed by atoms with van der Waals surface area (Å²) in [7, 11) is 0. The van der Waals surface area contributed by atoms with Crippen molar-refractivity contribution in [3.8, 4) is 0 Å². The zero-order chi connectivity index (χ0) is 9.54. The minimum absolute atomic E-state index is 0.632. The Kier molecular flexibility index (Phi) is 2.06. The van der Waals surface area contributed by atoms with Crippen LogP contribution in [0, 0.1) is 6.92 Å². The van der Waals surface area contributed by atoms with E-state index in [1.807, 2.05) is 23.1 Å². The number of amidine groups is 1. The van der Waals surface area contributed by atoms with Crippen LogP contribution in [0.25, 0.3) is 0 Å². The molecule has 0 amide bonds. The summed E-state index contributed by atoms with van der Waals surface area (Å²) in [6.07, 6.45) is 0. The van der Waals surface area contributed by atoms with Crippen molar-refractivity contribution in [2.24, 2.45) is 4.99 Å². The fourth-order valence-corrected chi connectivity index (χ4v) is 4.23. The van der Waals surface area contributed by atoms with Crippen molar-refractivity contribution in [2.75, 3.05) is 19.6 Å². The van der Waals surface area contributed by atoms with Crippen LogP contribution in [0.5, 0.6) is 0 Å². The van der Waals surface area contributed by atoms with Gasteiger partial charge in [-0.1, -0.05) is 11.8 Å². The lowest BCUT2D eigenvalue weighted by molar-refractivity contribution is 0.478. The minimum atomic E-state index is 0.632. The van der Waals surface area contributed by atoms with Crippen LogP contribution in [-0.2, 0) is 0 Å². The first-order chi connectivity index (χ1) is 6.83. The Balaban J connectivity index is 1.83. The van der Waals surface area contributed by atoms with Gasteiger partial charge in [-0.25, -0.2) is 0 Å². The van der Waals surface area contributed by atoms with Gasteiger partial charge in [-0.3, -0.25) is 4.99 Å². The molecule has 0 aromatic carbocycles. The maximum absolute atomic E-state index is 4.49. The molecule has 1 aromatic rings. The van der Waals surface area contributed by atoms with E-state index in [0.717, 1.165) is 19.6 Å². The summed E-state index contributed by atoms with van der Waals surface area (Å²) < 4.78 is 0. The molecule has 0 bridgehead atoms. The van der Waals surface area contributed by atoms with E-state index in [2.05, 4.69) is 28.3 Å². The van der Waals surface area contributed by atoms with Crippen molar-refractivity contribution in [1.82, 2.24) is 4.90 Å². The summed E-state index contributed by atoms with van der Waals surface area (Å²) in [4.78, 5) is 8.40. The monoisotopic (exact) mass is 224 g/mol. The third-order valence-electron chi connectivity index (χ3n) is 2.59. The van der Waals surface area contributed by atoms with E-state index in [1.165, 1.54) is 15.6 Å². The zero-order valence-corrected chi connectivity index (χ0v) is 9.70. The third-order valence-corrected chi connectivity index (χ3v) is 5.19. The molecule has 0 radical (unpaired) electrons. The number of fused-ring (bicyclic) bond motifs is 1. The Morgan fingerprint density at radius 1 is 1.57 bits per heavy atom. The van der Waals surface area contributed by atoms with Gasteiger partial charge in [0, 0.05) is 18.0 Å². The molecule has 0 aliphatic carbocycles. The summed E-state index contributed by atoms with van der Waals surface area (Å²) in [6, 6.07) is 2.31. The van der Waals surface area contributed by atoms with E-state index < -0.39 is 0 Å². The predicted molar refractivity (Wildman–Crippen MR) is 63.3 cm³/mol. The summed E-state index contributed by atoms with van der Waals surface area (Å²) in [5.74, 6) is 0. The molecule has 1 atom stereocenters. The van der Waals surface area contributed by atoms with Crippen LogP contribution < -0.4 is 0 Å². The van der Waals surface area contributed by atoms with Crippen molar-refractivity contribution >= 4 is 28.3 Å². The van der Waals surface area contributed by atoms with E-state index in [0.29, 0.717) is 5.25 Å². The Bertz CT molecular complexity index is 383. The molecule has 4 heteroatoms. The van der Waals surface area contributed by atoms with E-state index in [-0.39, 0.29) is 0 Å². The van der Waals surface area contributed by atoms with Crippen molar-refractivity contribution in [1.29, 1.82) is 0 Å². The molecule has 14 heavy (non-hydrogen) atoms. The standard InChI is InChI=1S/C10H12N2S2/c1-7-4-8(13-6-7)9-5-12-3-2-11-10(12)14-9/h4,6,9H,2-3,5H2,1H3. The Morgan fingerprint density at radius 2 is 2.50 bits per heavy atom. The van der Waals surface area contributed by atoms with E-state index in [4.69, 9.17) is 0 Å². The zero-order valence-electron chi connectivity index (χ0n) is 8.06. The van der Waals surface area contributed by atoms with Crippen molar-refractivity contribution in [3.05, 3.63) is 21.9 Å². The molecule has 1 unspecified atom stereocenters. The molecular formula is C10H12N2S2. The van der Waals surface area contributed by atoms with Gasteiger partial charge < -0.3 is 4.90 Å². The molecule has 2 aliphatic rings. The molecule has 0 spiro atoms. The highest BCUT2D eigenvalue weighted by Gasteiger charge is 2.32. The van der Waals surface area contributed by atoms with E-state index in [1.54, 1.807) is 0 Å². The molecular weight excluding hydrogens is 212 g/mol. The van der Waals surface area contributed by atoms with Crippen molar-refractivity contribution in [2.45, 2.75) is 12.2 Å². The first-order valence-electron chi connectivity index (χ1n) is 4.84. The number of thioether (sulfide) groups is 1. The summed E-state index contributed by atoms with van der Waals surface area (Å²) in [6.45, 7) is 5.45. The molecule has 1 fully saturated rings. The van der Waals surface area contributed by atoms with Gasteiger partial charge in [0.15, 0.2) is 5.17 Å². The quantitative estimate of drug-likeness (QED) is 0.728. The van der Waals surface area contributed by atoms with Crippen molar-refractivity contribution < 1.29 is 0 Å². The second-order valence-corrected chi connectivity index (χ2v) is 5.86. The molecule has 2 nitrogen and oxygen atoms in total. The predicted octanol–water partition coefficient (Wildman–Crippen LogP) is 2.52. The van der Waals surface area contributed by atoms with Gasteiger partial charge in [0.25, 0.3) is 0 Å². The van der Waals surface area contributed by atoms with Crippen LogP contribution >= 0.6 is 23.1 Å². The lowest BCUT2D eigenvalue weighted by Gasteiger charge is -2.09. The maximum Gasteiger partial charge on any atom is 0.160 e. The van der Waals surface area contributed by atoms with Crippen LogP contribution in [-0.4, -0.2) is 29.7 Å². The molecule has 3 heterocycles. The van der Waals surface area contributed by atoms with Gasteiger partial charge in [-0.2, -0.15) is 0 Å². The van der Waals surface area contributed by atoms with Crippen LogP contribution in [0.2, 0.25) is 0 Å². The van der Waals surface area contributed by atoms with Crippen molar-refractivity contribution in [3.63, 3.8) is 0 Å². The molecule has 1 aromatic heterocycles. The number of aryl methyl sites for hydroxylation is 1. The Morgan fingerprint density at radius 3 is 3.21 bits per heavy atom. The van der Waals surface area contributed by atoms with E-state index in [9.17, 15) is 0 Å². The summed E-state index contributed by atoms with van der Waals surface area (Å²) in [5.41, 5.74) is 1.39. The largest absolute Gasteiger partial charge is 0.348 e. The van der Waals surface area contributed by atoms with Gasteiger partial charge in [0.1, 0.15) is 0 Å². The highest BCUT2D eigenvalue weighted by Crippen LogP contribution is 2.41. The fraction of sp³-hybridized carbons (Fsp3) is 0.500. The van der Waals surface area contributed by atoms with Gasteiger partial charge >= 0.3 is 0 Å². The first kappa shape index (κ1) is 8.80. The lowest BCUT2D eigenvalue weighted by atomic mass is 10.3. The molecule has 74 valence electrons. The van der Waals surface area contributed by atoms with E-state index >= 15 is 0 Å². The molecule has 0 saturated carbocycles. The number of nitrogens with zero attached hydrogens (tertiary/aromatic N) is 2. The maximum atomic E-state index is 4.49. The number of thiophene rings is 1. The second-order valence-electron chi connectivity index (χ2n) is 3.74. The van der Waals surface area contributed by atoms with Gasteiger partial charge in [0.2, 0.25) is 0 Å². The minimum Gasteiger partial charge on any atom is -0.348 e. The average molecular weight is 224 g/mol. The summed E-state index contributed by atoms with van der Waals surface area (Å²) in [5, 5.41) is 4.13. The van der Waals surface area contributed by atoms with Crippen LogP contribution in [0.4, 0.5) is 0 Å². The number of rotatable bonds is 1. The lowest BCUT2D eigenvalue weighted by Crippen LogP contribution is -2.21. The first-order valence-corrected chi connectivity index (χ1v) is 6.60. The number of aliphatic imine (C=N–C) groups is 1. The van der Waals surface area contributed by atoms with Crippen LogP contribution in [0.15, 0.2) is 16.4 Å². The second kappa shape index (κ2) is 3.28. The van der Waals surface area contributed by atoms with Gasteiger partial charge in [-0.05, 0) is 23.9 Å². The van der Waals surface area contributed by atoms with Crippen LogP contribution in [0.1, 0.15) is 15.7 Å². The smallest absolute Gasteiger partial charge is 0.160 e. The summed E-state index contributed by atoms with van der Waals surface area (Å²) >= 11 is 3.82. The fourth-order valence-electron chi connectivity index (χ4n) is 1.88. The Labute approximate surface area is 92.0 Å². The topological polar surface area (TPSA) is 15.6 Å². The van der Waals surface area contributed by atoms with Gasteiger partial charge in [-0.15, -0.1) is 11.3 Å². The van der Waals surface area contributed by atoms with Crippen LogP contribution in [0.3, 0.4) is 0 Å². The Hall–Kier alpha value is -0.480. The SMILES string of the molecule is Cc1csc(C2CN3CCN=C3S2)c1. The third kappa shape index (κ3) is 1.37. The molecule has 1 saturated heterocycles. The van der Waals surface area contributed by atoms with Gasteiger partial charge in [0.05, 0.1) is 11.8 Å². The highest BCUT2D eigenvalue weighted by atomic mass is 32.2. The average Bonchev–Trinajstić information content (AvgIpc) is 2.75. The normalized spacial score (nSPS) is 25.4. The molecule has 3 rings (SSSR count). The molecule has 2 aliphatic heterocycles. The number of hydrogen-bond acceptors (Lipinski definition) is 4. The highest BCUT2D eigenvalue weighted by molar-refractivity contribution is 8.14. The number of hydrogen-bond donors (Lipinski definition) is 0.